The van der Waals surface area contributed by atoms with Gasteiger partial charge in [-0.3, -0.25) is 0 Å². The van der Waals surface area contributed by atoms with Crippen LogP contribution < -0.4 is 5.32 Å². The molecule has 1 N–H and O–H groups in total. The zero-order valence-electron chi connectivity index (χ0n) is 7.54. The number of nitrogens with one attached hydrogen (secondary N) is 1. The summed E-state index contributed by atoms with van der Waals surface area (Å²) in [4.78, 5) is 4.38. The van der Waals surface area contributed by atoms with E-state index in [4.69, 9.17) is 0 Å². The third kappa shape index (κ3) is 1.58. The molecule has 1 aliphatic rings. The summed E-state index contributed by atoms with van der Waals surface area (Å²) in [7, 11) is 0. The summed E-state index contributed by atoms with van der Waals surface area (Å²) in [6, 6.07) is 6.75. The topological polar surface area (TPSA) is 24.9 Å². The minimum Gasteiger partial charge on any atom is -0.367 e. The fraction of sp³-hybridized carbons (Fsp3) is 0.500. The van der Waals surface area contributed by atoms with Gasteiger partial charge < -0.3 is 5.32 Å². The van der Waals surface area contributed by atoms with Crippen molar-refractivity contribution in [3.8, 4) is 0 Å². The Hall–Kier alpha value is -1.05. The molecule has 0 aromatic carbocycles. The van der Waals surface area contributed by atoms with Gasteiger partial charge in [-0.25, -0.2) is 4.98 Å². The van der Waals surface area contributed by atoms with Crippen molar-refractivity contribution in [3.63, 3.8) is 0 Å². The lowest BCUT2D eigenvalue weighted by Crippen LogP contribution is -2.05. The van der Waals surface area contributed by atoms with Crippen LogP contribution in [0, 0.1) is 12.8 Å². The Morgan fingerprint density at radius 3 is 2.83 bits per heavy atom. The Kier molecular flexibility index (Phi) is 1.75. The van der Waals surface area contributed by atoms with E-state index in [0.717, 1.165) is 17.4 Å². The maximum absolute atomic E-state index is 4.38. The van der Waals surface area contributed by atoms with E-state index in [1.807, 2.05) is 25.1 Å². The van der Waals surface area contributed by atoms with Crippen LogP contribution in [0.1, 0.15) is 19.0 Å². The summed E-state index contributed by atoms with van der Waals surface area (Å²) in [6.45, 7) is 4.27. The second-order valence-electron chi connectivity index (χ2n) is 3.63. The van der Waals surface area contributed by atoms with Crippen LogP contribution in [-0.4, -0.2) is 11.0 Å². The lowest BCUT2D eigenvalue weighted by molar-refractivity contribution is 0.922. The van der Waals surface area contributed by atoms with Crippen molar-refractivity contribution >= 4 is 5.82 Å². The molecule has 1 aromatic rings. The largest absolute Gasteiger partial charge is 0.367 e. The molecule has 0 radical (unpaired) electrons. The van der Waals surface area contributed by atoms with E-state index in [1.165, 1.54) is 6.42 Å². The monoisotopic (exact) mass is 162 g/mol. The quantitative estimate of drug-likeness (QED) is 0.721. The molecule has 2 atom stereocenters. The van der Waals surface area contributed by atoms with Crippen LogP contribution in [0.2, 0.25) is 0 Å². The lowest BCUT2D eigenvalue weighted by Gasteiger charge is -2.03. The summed E-state index contributed by atoms with van der Waals surface area (Å²) in [6.07, 6.45) is 1.29. The molecular formula is C10H14N2. The first-order valence-corrected chi connectivity index (χ1v) is 4.46. The van der Waals surface area contributed by atoms with E-state index >= 15 is 0 Å². The third-order valence-electron chi connectivity index (χ3n) is 2.33. The van der Waals surface area contributed by atoms with Crippen LogP contribution in [0.3, 0.4) is 0 Å². The molecule has 12 heavy (non-hydrogen) atoms. The van der Waals surface area contributed by atoms with Crippen molar-refractivity contribution in [3.05, 3.63) is 23.9 Å². The van der Waals surface area contributed by atoms with E-state index in [0.29, 0.717) is 6.04 Å². The summed E-state index contributed by atoms with van der Waals surface area (Å²) >= 11 is 0. The molecule has 1 heterocycles. The van der Waals surface area contributed by atoms with Crippen LogP contribution in [-0.2, 0) is 0 Å². The van der Waals surface area contributed by atoms with Crippen molar-refractivity contribution < 1.29 is 0 Å². The van der Waals surface area contributed by atoms with Gasteiger partial charge in [-0.15, -0.1) is 0 Å². The molecule has 1 fully saturated rings. The van der Waals surface area contributed by atoms with E-state index in [9.17, 15) is 0 Å². The highest BCUT2D eigenvalue weighted by Crippen LogP contribution is 2.31. The predicted molar refractivity (Wildman–Crippen MR) is 50.2 cm³/mol. The van der Waals surface area contributed by atoms with Crippen molar-refractivity contribution in [1.29, 1.82) is 0 Å². The summed E-state index contributed by atoms with van der Waals surface area (Å²) < 4.78 is 0. The molecule has 0 amide bonds. The molecule has 1 aliphatic carbocycles. The fourth-order valence-corrected chi connectivity index (χ4v) is 1.34. The Morgan fingerprint density at radius 1 is 1.50 bits per heavy atom. The average Bonchev–Trinajstić information content (AvgIpc) is 2.66. The maximum Gasteiger partial charge on any atom is 0.126 e. The molecule has 0 spiro atoms. The highest BCUT2D eigenvalue weighted by atomic mass is 15.0. The molecule has 0 aliphatic heterocycles. The smallest absolute Gasteiger partial charge is 0.126 e. The Bertz CT molecular complexity index is 283. The number of hydrogen-bond donors (Lipinski definition) is 1. The molecule has 2 rings (SSSR count). The minimum absolute atomic E-state index is 0.666. The van der Waals surface area contributed by atoms with Crippen LogP contribution in [0.4, 0.5) is 5.82 Å². The van der Waals surface area contributed by atoms with E-state index in [1.54, 1.807) is 0 Å². The van der Waals surface area contributed by atoms with Gasteiger partial charge in [-0.05, 0) is 31.4 Å². The van der Waals surface area contributed by atoms with E-state index in [2.05, 4.69) is 17.2 Å². The number of rotatable bonds is 2. The highest BCUT2D eigenvalue weighted by Gasteiger charge is 2.32. The van der Waals surface area contributed by atoms with Crippen molar-refractivity contribution in [1.82, 2.24) is 4.98 Å². The first kappa shape index (κ1) is 7.59. The normalized spacial score (nSPS) is 26.8. The molecule has 2 nitrogen and oxygen atoms in total. The second kappa shape index (κ2) is 2.77. The van der Waals surface area contributed by atoms with Gasteiger partial charge in [0.2, 0.25) is 0 Å². The molecular weight excluding hydrogens is 148 g/mol. The van der Waals surface area contributed by atoms with Crippen molar-refractivity contribution in [2.45, 2.75) is 26.3 Å². The van der Waals surface area contributed by atoms with Crippen LogP contribution in [0.15, 0.2) is 18.2 Å². The maximum atomic E-state index is 4.38. The van der Waals surface area contributed by atoms with Crippen molar-refractivity contribution in [2.75, 3.05) is 5.32 Å². The second-order valence-corrected chi connectivity index (χ2v) is 3.63. The number of hydrogen-bond acceptors (Lipinski definition) is 2. The fourth-order valence-electron chi connectivity index (χ4n) is 1.34. The predicted octanol–water partition coefficient (Wildman–Crippen LogP) is 2.21. The molecule has 1 saturated carbocycles. The summed E-state index contributed by atoms with van der Waals surface area (Å²) in [5.74, 6) is 1.84. The Balaban J connectivity index is 2.03. The first-order valence-electron chi connectivity index (χ1n) is 4.46. The van der Waals surface area contributed by atoms with Gasteiger partial charge in [0.15, 0.2) is 0 Å². The number of pyridine rings is 1. The minimum atomic E-state index is 0.666. The van der Waals surface area contributed by atoms with Gasteiger partial charge in [-0.1, -0.05) is 13.0 Å². The molecule has 0 bridgehead atoms. The SMILES string of the molecule is Cc1cccc(NC2CC2C)n1. The molecule has 64 valence electrons. The Morgan fingerprint density at radius 2 is 2.25 bits per heavy atom. The first-order chi connectivity index (χ1) is 5.75. The standard InChI is InChI=1S/C10H14N2/c1-7-6-9(7)12-10-5-3-4-8(2)11-10/h3-5,7,9H,6H2,1-2H3,(H,11,12). The van der Waals surface area contributed by atoms with Gasteiger partial charge in [-0.2, -0.15) is 0 Å². The van der Waals surface area contributed by atoms with Gasteiger partial charge >= 0.3 is 0 Å². The highest BCUT2D eigenvalue weighted by molar-refractivity contribution is 5.38. The molecule has 1 aromatic heterocycles. The lowest BCUT2D eigenvalue weighted by atomic mass is 10.3. The van der Waals surface area contributed by atoms with Crippen molar-refractivity contribution in [2.24, 2.45) is 5.92 Å². The van der Waals surface area contributed by atoms with Crippen LogP contribution in [0.25, 0.3) is 0 Å². The van der Waals surface area contributed by atoms with Gasteiger partial charge in [0, 0.05) is 11.7 Å². The van der Waals surface area contributed by atoms with Crippen LogP contribution >= 0.6 is 0 Å². The zero-order valence-corrected chi connectivity index (χ0v) is 7.54. The summed E-state index contributed by atoms with van der Waals surface area (Å²) in [5.41, 5.74) is 1.08. The van der Waals surface area contributed by atoms with Crippen LogP contribution in [0.5, 0.6) is 0 Å². The number of aromatic nitrogens is 1. The number of nitrogens with zero attached hydrogens (tertiary/aromatic N) is 1. The zero-order chi connectivity index (χ0) is 8.55. The molecule has 2 unspecified atom stereocenters. The van der Waals surface area contributed by atoms with Gasteiger partial charge in [0.05, 0.1) is 0 Å². The number of aryl methyl sites for hydroxylation is 1. The Labute approximate surface area is 73.0 Å². The van der Waals surface area contributed by atoms with Gasteiger partial charge in [0.25, 0.3) is 0 Å². The number of anilines is 1. The van der Waals surface area contributed by atoms with Gasteiger partial charge in [0.1, 0.15) is 5.82 Å². The average molecular weight is 162 g/mol. The van der Waals surface area contributed by atoms with E-state index < -0.39 is 0 Å². The molecule has 2 heteroatoms. The molecule has 0 saturated heterocycles. The summed E-state index contributed by atoms with van der Waals surface area (Å²) in [5, 5.41) is 3.40. The third-order valence-corrected chi connectivity index (χ3v) is 2.33. The van der Waals surface area contributed by atoms with E-state index in [-0.39, 0.29) is 0 Å².